The molecule has 1 saturated heterocycles. The molecular formula is C36H46F3N3O2S. The Morgan fingerprint density at radius 3 is 2.47 bits per heavy atom. The molecule has 5 rings (SSSR count). The summed E-state index contributed by atoms with van der Waals surface area (Å²) < 4.78 is 48.0. The molecule has 0 unspecified atom stereocenters. The minimum atomic E-state index is -0.572. The van der Waals surface area contributed by atoms with Gasteiger partial charge in [-0.1, -0.05) is 25.1 Å². The average molecular weight is 642 g/mol. The van der Waals surface area contributed by atoms with Gasteiger partial charge in [0, 0.05) is 29.4 Å². The number of esters is 1. The van der Waals surface area contributed by atoms with Gasteiger partial charge in [0.25, 0.3) is 0 Å². The highest BCUT2D eigenvalue weighted by Gasteiger charge is 2.39. The number of ether oxygens (including phenoxy) is 1. The third-order valence-corrected chi connectivity index (χ3v) is 10.9. The fourth-order valence-corrected chi connectivity index (χ4v) is 8.12. The number of nitrogens with zero attached hydrogens (tertiary/aromatic N) is 3. The Kier molecular flexibility index (Phi) is 10.7. The molecule has 1 saturated carbocycles. The van der Waals surface area contributed by atoms with Crippen LogP contribution in [0.4, 0.5) is 13.2 Å². The first-order valence-electron chi connectivity index (χ1n) is 16.2. The van der Waals surface area contributed by atoms with Gasteiger partial charge in [0.2, 0.25) is 0 Å². The van der Waals surface area contributed by atoms with Gasteiger partial charge in [-0.3, -0.25) is 9.69 Å². The SMILES string of the molecule is CCc1nc(Cc2ccc(F)cc2F)sc1C1CCN(C[C@H]2C[C@H](OC(=O)CN(C)C(C)(C)C)C[C@@H]2c2cccc(F)c2)CC1. The van der Waals surface area contributed by atoms with E-state index in [4.69, 9.17) is 9.72 Å². The number of aryl methyl sites for hydroxylation is 1. The van der Waals surface area contributed by atoms with E-state index in [1.807, 2.05) is 18.0 Å². The summed E-state index contributed by atoms with van der Waals surface area (Å²) in [6.45, 7) is 11.3. The predicted octanol–water partition coefficient (Wildman–Crippen LogP) is 7.73. The molecule has 3 atom stereocenters. The van der Waals surface area contributed by atoms with Gasteiger partial charge in [-0.2, -0.15) is 0 Å². The van der Waals surface area contributed by atoms with Gasteiger partial charge in [-0.15, -0.1) is 11.3 Å². The Hall–Kier alpha value is -2.75. The minimum absolute atomic E-state index is 0.124. The summed E-state index contributed by atoms with van der Waals surface area (Å²) in [7, 11) is 1.93. The Labute approximate surface area is 269 Å². The van der Waals surface area contributed by atoms with Gasteiger partial charge in [-0.25, -0.2) is 18.2 Å². The fraction of sp³-hybridized carbons (Fsp3) is 0.556. The van der Waals surface area contributed by atoms with Crippen LogP contribution in [0.1, 0.15) is 91.9 Å². The number of thiazole rings is 1. The number of rotatable bonds is 10. The molecule has 244 valence electrons. The highest BCUT2D eigenvalue weighted by Crippen LogP contribution is 2.43. The summed E-state index contributed by atoms with van der Waals surface area (Å²) >= 11 is 1.67. The van der Waals surface area contributed by atoms with E-state index in [0.29, 0.717) is 24.3 Å². The highest BCUT2D eigenvalue weighted by molar-refractivity contribution is 7.11. The van der Waals surface area contributed by atoms with Crippen molar-refractivity contribution in [2.75, 3.05) is 33.2 Å². The Morgan fingerprint density at radius 2 is 1.80 bits per heavy atom. The van der Waals surface area contributed by atoms with Gasteiger partial charge in [0.05, 0.1) is 17.2 Å². The van der Waals surface area contributed by atoms with Crippen LogP contribution in [-0.4, -0.2) is 65.6 Å². The summed E-state index contributed by atoms with van der Waals surface area (Å²) in [5.74, 6) is -0.774. The van der Waals surface area contributed by atoms with Crippen LogP contribution in [0.5, 0.6) is 0 Å². The number of likely N-dealkylation sites (N-methyl/N-ethyl adjacent to an activating group) is 1. The molecule has 1 aromatic heterocycles. The van der Waals surface area contributed by atoms with Crippen LogP contribution in [0.25, 0.3) is 0 Å². The van der Waals surface area contributed by atoms with Gasteiger partial charge in [0.1, 0.15) is 23.6 Å². The summed E-state index contributed by atoms with van der Waals surface area (Å²) in [6, 6.07) is 10.6. The van der Waals surface area contributed by atoms with Crippen LogP contribution in [0.2, 0.25) is 0 Å². The lowest BCUT2D eigenvalue weighted by Gasteiger charge is -2.34. The van der Waals surface area contributed by atoms with Crippen molar-refractivity contribution >= 4 is 17.3 Å². The Balaban J connectivity index is 1.22. The summed E-state index contributed by atoms with van der Waals surface area (Å²) in [5.41, 5.74) is 2.39. The van der Waals surface area contributed by atoms with Gasteiger partial charge in [0.15, 0.2) is 0 Å². The molecule has 0 bridgehead atoms. The van der Waals surface area contributed by atoms with Crippen LogP contribution in [-0.2, 0) is 22.4 Å². The zero-order valence-corrected chi connectivity index (χ0v) is 27.9. The molecule has 2 fully saturated rings. The third-order valence-electron chi connectivity index (χ3n) is 9.65. The van der Waals surface area contributed by atoms with E-state index in [-0.39, 0.29) is 41.8 Å². The van der Waals surface area contributed by atoms with E-state index in [1.54, 1.807) is 23.5 Å². The normalized spacial score (nSPS) is 21.5. The maximum Gasteiger partial charge on any atom is 0.320 e. The van der Waals surface area contributed by atoms with Crippen LogP contribution in [0.3, 0.4) is 0 Å². The van der Waals surface area contributed by atoms with Crippen molar-refractivity contribution in [3.05, 3.63) is 86.6 Å². The first kappa shape index (κ1) is 33.6. The van der Waals surface area contributed by atoms with E-state index >= 15 is 0 Å². The molecule has 5 nitrogen and oxygen atoms in total. The maximum atomic E-state index is 14.3. The molecule has 45 heavy (non-hydrogen) atoms. The number of carbonyl (C=O) groups excluding carboxylic acids is 1. The third kappa shape index (κ3) is 8.54. The lowest BCUT2D eigenvalue weighted by molar-refractivity contribution is -0.151. The van der Waals surface area contributed by atoms with Gasteiger partial charge in [-0.05, 0) is 120 Å². The molecule has 1 aliphatic carbocycles. The first-order valence-corrected chi connectivity index (χ1v) is 17.0. The maximum absolute atomic E-state index is 14.3. The summed E-state index contributed by atoms with van der Waals surface area (Å²) in [4.78, 5) is 23.5. The molecule has 0 spiro atoms. The van der Waals surface area contributed by atoms with Crippen molar-refractivity contribution < 1.29 is 22.7 Å². The van der Waals surface area contributed by atoms with Crippen LogP contribution in [0.15, 0.2) is 42.5 Å². The molecule has 0 amide bonds. The predicted molar refractivity (Wildman–Crippen MR) is 173 cm³/mol. The smallest absolute Gasteiger partial charge is 0.320 e. The number of aromatic nitrogens is 1. The summed E-state index contributed by atoms with van der Waals surface area (Å²) in [6.07, 6.45) is 4.49. The molecule has 2 aromatic carbocycles. The Morgan fingerprint density at radius 1 is 1.07 bits per heavy atom. The number of piperidine rings is 1. The molecule has 3 aromatic rings. The van der Waals surface area contributed by atoms with Crippen LogP contribution >= 0.6 is 11.3 Å². The van der Waals surface area contributed by atoms with Crippen molar-refractivity contribution in [2.45, 2.75) is 89.7 Å². The van der Waals surface area contributed by atoms with Crippen molar-refractivity contribution in [2.24, 2.45) is 5.92 Å². The molecule has 0 N–H and O–H groups in total. The average Bonchev–Trinajstić information content (AvgIpc) is 3.58. The zero-order valence-electron chi connectivity index (χ0n) is 27.1. The highest BCUT2D eigenvalue weighted by atomic mass is 32.1. The molecule has 1 aliphatic heterocycles. The van der Waals surface area contributed by atoms with E-state index in [1.165, 1.54) is 23.1 Å². The van der Waals surface area contributed by atoms with Crippen LogP contribution < -0.4 is 0 Å². The topological polar surface area (TPSA) is 45.7 Å². The molecule has 2 heterocycles. The number of halogens is 3. The first-order chi connectivity index (χ1) is 21.4. The number of carbonyl (C=O) groups is 1. The standard InChI is InChI=1S/C36H46F3N3O2S/c1-6-32-35(45-33(40-32)18-25-10-11-28(38)19-31(25)39)23-12-14-42(15-13-23)21-26-17-29(44-34(43)22-41(5)36(2,3)4)20-30(26)24-8-7-9-27(37)16-24/h7-11,16,19,23,26,29-30H,6,12-15,17-18,20-22H2,1-5H3/t26-,29+,30-/m1/s1. The van der Waals surface area contributed by atoms with Gasteiger partial charge < -0.3 is 9.64 Å². The molecular weight excluding hydrogens is 595 g/mol. The van der Waals surface area contributed by atoms with E-state index in [9.17, 15) is 18.0 Å². The van der Waals surface area contributed by atoms with Crippen molar-refractivity contribution in [3.63, 3.8) is 0 Å². The van der Waals surface area contributed by atoms with E-state index in [0.717, 1.165) is 67.6 Å². The molecule has 0 radical (unpaired) electrons. The summed E-state index contributed by atoms with van der Waals surface area (Å²) in [5, 5.41) is 0.868. The largest absolute Gasteiger partial charge is 0.461 e. The quantitative estimate of drug-likeness (QED) is 0.212. The second kappa shape index (κ2) is 14.3. The monoisotopic (exact) mass is 641 g/mol. The van der Waals surface area contributed by atoms with Crippen LogP contribution in [0, 0.1) is 23.4 Å². The molecule has 2 aliphatic rings. The van der Waals surface area contributed by atoms with E-state index < -0.39 is 11.6 Å². The van der Waals surface area contributed by atoms with Gasteiger partial charge >= 0.3 is 5.97 Å². The number of likely N-dealkylation sites (tertiary alicyclic amines) is 1. The van der Waals surface area contributed by atoms with Crippen molar-refractivity contribution in [1.29, 1.82) is 0 Å². The van der Waals surface area contributed by atoms with Crippen molar-refractivity contribution in [1.82, 2.24) is 14.8 Å². The fourth-order valence-electron chi connectivity index (χ4n) is 6.77. The molecule has 9 heteroatoms. The number of hydrogen-bond acceptors (Lipinski definition) is 6. The van der Waals surface area contributed by atoms with E-state index in [2.05, 4.69) is 32.6 Å². The lowest BCUT2D eigenvalue weighted by atomic mass is 9.87. The minimum Gasteiger partial charge on any atom is -0.461 e. The Bertz CT molecular complexity index is 1460. The number of hydrogen-bond donors (Lipinski definition) is 0. The number of benzene rings is 2. The van der Waals surface area contributed by atoms with Crippen molar-refractivity contribution in [3.8, 4) is 0 Å². The second-order valence-electron chi connectivity index (χ2n) is 13.8. The zero-order chi connectivity index (χ0) is 32.3. The second-order valence-corrected chi connectivity index (χ2v) is 14.9. The lowest BCUT2D eigenvalue weighted by Crippen LogP contribution is -2.42.